The van der Waals surface area contributed by atoms with E-state index in [1.807, 2.05) is 48.5 Å². The normalized spacial score (nSPS) is 11.2. The highest BCUT2D eigenvalue weighted by Crippen LogP contribution is 2.28. The van der Waals surface area contributed by atoms with Crippen molar-refractivity contribution in [3.63, 3.8) is 0 Å². The standard InChI is InChI=1S/C18H10Cl2N2/c19-15-5-1-3-11-7-17(21-9-13(11)15)18-8-12-4-2-6-16(20)14(12)10-22-18/h1-10H. The number of pyridine rings is 2. The van der Waals surface area contributed by atoms with Gasteiger partial charge in [0.05, 0.1) is 11.4 Å². The molecule has 0 fully saturated rings. The van der Waals surface area contributed by atoms with Crippen molar-refractivity contribution < 1.29 is 0 Å². The van der Waals surface area contributed by atoms with E-state index in [0.29, 0.717) is 10.0 Å². The predicted octanol–water partition coefficient (Wildman–Crippen LogP) is 5.76. The van der Waals surface area contributed by atoms with Crippen LogP contribution in [0.3, 0.4) is 0 Å². The van der Waals surface area contributed by atoms with E-state index in [1.54, 1.807) is 12.4 Å². The van der Waals surface area contributed by atoms with Crippen molar-refractivity contribution in [2.24, 2.45) is 0 Å². The first-order valence-corrected chi connectivity index (χ1v) is 7.57. The zero-order valence-electron chi connectivity index (χ0n) is 11.4. The molecule has 106 valence electrons. The summed E-state index contributed by atoms with van der Waals surface area (Å²) >= 11 is 12.4. The first-order valence-electron chi connectivity index (χ1n) is 6.81. The summed E-state index contributed by atoms with van der Waals surface area (Å²) < 4.78 is 0. The van der Waals surface area contributed by atoms with Crippen molar-refractivity contribution in [2.75, 3.05) is 0 Å². The van der Waals surface area contributed by atoms with Gasteiger partial charge in [0, 0.05) is 33.2 Å². The second-order valence-electron chi connectivity index (χ2n) is 5.06. The third kappa shape index (κ3) is 2.21. The Kier molecular flexibility index (Phi) is 3.21. The first-order chi connectivity index (χ1) is 10.7. The number of halogens is 2. The van der Waals surface area contributed by atoms with E-state index in [9.17, 15) is 0 Å². The summed E-state index contributed by atoms with van der Waals surface area (Å²) in [5.41, 5.74) is 1.63. The lowest BCUT2D eigenvalue weighted by molar-refractivity contribution is 1.28. The minimum absolute atomic E-state index is 0.704. The molecule has 2 aromatic carbocycles. The Morgan fingerprint density at radius 3 is 1.55 bits per heavy atom. The predicted molar refractivity (Wildman–Crippen MR) is 92.5 cm³/mol. The summed E-state index contributed by atoms with van der Waals surface area (Å²) in [6, 6.07) is 15.6. The fourth-order valence-electron chi connectivity index (χ4n) is 2.55. The highest BCUT2D eigenvalue weighted by molar-refractivity contribution is 6.36. The first kappa shape index (κ1) is 13.5. The number of hydrogen-bond donors (Lipinski definition) is 0. The van der Waals surface area contributed by atoms with Crippen molar-refractivity contribution in [1.82, 2.24) is 9.97 Å². The van der Waals surface area contributed by atoms with E-state index in [4.69, 9.17) is 23.2 Å². The van der Waals surface area contributed by atoms with Crippen molar-refractivity contribution in [3.8, 4) is 11.4 Å². The summed E-state index contributed by atoms with van der Waals surface area (Å²) in [6.07, 6.45) is 3.58. The number of nitrogens with zero attached hydrogens (tertiary/aromatic N) is 2. The lowest BCUT2D eigenvalue weighted by Gasteiger charge is -2.06. The Hall–Kier alpha value is -2.16. The van der Waals surface area contributed by atoms with Crippen LogP contribution >= 0.6 is 23.2 Å². The molecule has 0 atom stereocenters. The Morgan fingerprint density at radius 1 is 0.636 bits per heavy atom. The van der Waals surface area contributed by atoms with E-state index < -0.39 is 0 Å². The Morgan fingerprint density at radius 2 is 1.09 bits per heavy atom. The van der Waals surface area contributed by atoms with Gasteiger partial charge in [0.15, 0.2) is 0 Å². The van der Waals surface area contributed by atoms with Crippen molar-refractivity contribution in [1.29, 1.82) is 0 Å². The summed E-state index contributed by atoms with van der Waals surface area (Å²) in [7, 11) is 0. The molecular formula is C18H10Cl2N2. The van der Waals surface area contributed by atoms with Crippen LogP contribution in [0.4, 0.5) is 0 Å². The summed E-state index contributed by atoms with van der Waals surface area (Å²) in [5, 5.41) is 5.38. The van der Waals surface area contributed by atoms with E-state index in [2.05, 4.69) is 9.97 Å². The second kappa shape index (κ2) is 5.24. The minimum atomic E-state index is 0.704. The maximum Gasteiger partial charge on any atom is 0.0892 e. The number of hydrogen-bond acceptors (Lipinski definition) is 2. The van der Waals surface area contributed by atoms with Crippen LogP contribution in [0.15, 0.2) is 60.9 Å². The zero-order valence-corrected chi connectivity index (χ0v) is 12.9. The molecule has 0 saturated heterocycles. The molecule has 0 saturated carbocycles. The average Bonchev–Trinajstić information content (AvgIpc) is 2.55. The molecule has 0 aliphatic carbocycles. The summed E-state index contributed by atoms with van der Waals surface area (Å²) in [6.45, 7) is 0. The molecule has 4 rings (SSSR count). The molecule has 0 amide bonds. The number of benzene rings is 2. The zero-order chi connectivity index (χ0) is 15.1. The molecule has 0 radical (unpaired) electrons. The van der Waals surface area contributed by atoms with Gasteiger partial charge in [-0.25, -0.2) is 0 Å². The molecule has 2 nitrogen and oxygen atoms in total. The lowest BCUT2D eigenvalue weighted by atomic mass is 10.1. The minimum Gasteiger partial charge on any atom is -0.254 e. The summed E-state index contributed by atoms with van der Waals surface area (Å²) in [5.74, 6) is 0. The van der Waals surface area contributed by atoms with Crippen LogP contribution < -0.4 is 0 Å². The van der Waals surface area contributed by atoms with Gasteiger partial charge in [-0.3, -0.25) is 9.97 Å². The van der Waals surface area contributed by atoms with E-state index in [0.717, 1.165) is 32.9 Å². The molecular weight excluding hydrogens is 315 g/mol. The second-order valence-corrected chi connectivity index (χ2v) is 5.88. The molecule has 2 aromatic heterocycles. The van der Waals surface area contributed by atoms with Crippen LogP contribution in [0.1, 0.15) is 0 Å². The smallest absolute Gasteiger partial charge is 0.0892 e. The maximum absolute atomic E-state index is 6.18. The SMILES string of the molecule is Clc1cccc2cc(-c3cc4cccc(Cl)c4cn3)ncc12. The number of rotatable bonds is 1. The van der Waals surface area contributed by atoms with Crippen LogP contribution in [0.2, 0.25) is 10.0 Å². The number of aromatic nitrogens is 2. The quantitative estimate of drug-likeness (QED) is 0.445. The molecule has 0 aliphatic rings. The molecule has 2 heterocycles. The van der Waals surface area contributed by atoms with E-state index in [1.165, 1.54) is 0 Å². The fourth-order valence-corrected chi connectivity index (χ4v) is 3.01. The molecule has 0 bridgehead atoms. The molecule has 0 N–H and O–H groups in total. The largest absolute Gasteiger partial charge is 0.254 e. The maximum atomic E-state index is 6.18. The van der Waals surface area contributed by atoms with Gasteiger partial charge < -0.3 is 0 Å². The Labute approximate surface area is 137 Å². The molecule has 4 heteroatoms. The van der Waals surface area contributed by atoms with Gasteiger partial charge in [-0.05, 0) is 35.0 Å². The molecule has 0 aliphatic heterocycles. The van der Waals surface area contributed by atoms with Crippen molar-refractivity contribution >= 4 is 44.7 Å². The van der Waals surface area contributed by atoms with Gasteiger partial charge in [-0.15, -0.1) is 0 Å². The monoisotopic (exact) mass is 324 g/mol. The van der Waals surface area contributed by atoms with Gasteiger partial charge in [0.25, 0.3) is 0 Å². The molecule has 0 unspecified atom stereocenters. The highest BCUT2D eigenvalue weighted by atomic mass is 35.5. The third-order valence-corrected chi connectivity index (χ3v) is 4.34. The molecule has 22 heavy (non-hydrogen) atoms. The van der Waals surface area contributed by atoms with Crippen LogP contribution in [-0.4, -0.2) is 9.97 Å². The third-order valence-electron chi connectivity index (χ3n) is 3.69. The Bertz CT molecular complexity index is 929. The fraction of sp³-hybridized carbons (Fsp3) is 0. The lowest BCUT2D eigenvalue weighted by Crippen LogP contribution is -1.89. The van der Waals surface area contributed by atoms with Gasteiger partial charge in [0.2, 0.25) is 0 Å². The van der Waals surface area contributed by atoms with Gasteiger partial charge in [-0.1, -0.05) is 47.5 Å². The highest BCUT2D eigenvalue weighted by Gasteiger charge is 2.07. The van der Waals surface area contributed by atoms with Crippen LogP contribution in [0.5, 0.6) is 0 Å². The molecule has 4 aromatic rings. The van der Waals surface area contributed by atoms with Crippen molar-refractivity contribution in [2.45, 2.75) is 0 Å². The van der Waals surface area contributed by atoms with Gasteiger partial charge in [0.1, 0.15) is 0 Å². The van der Waals surface area contributed by atoms with Crippen molar-refractivity contribution in [3.05, 3.63) is 71.0 Å². The van der Waals surface area contributed by atoms with E-state index in [-0.39, 0.29) is 0 Å². The topological polar surface area (TPSA) is 25.8 Å². The van der Waals surface area contributed by atoms with E-state index >= 15 is 0 Å². The summed E-state index contributed by atoms with van der Waals surface area (Å²) in [4.78, 5) is 8.97. The number of fused-ring (bicyclic) bond motifs is 2. The van der Waals surface area contributed by atoms with Crippen LogP contribution in [0, 0.1) is 0 Å². The van der Waals surface area contributed by atoms with Crippen LogP contribution in [-0.2, 0) is 0 Å². The average molecular weight is 325 g/mol. The van der Waals surface area contributed by atoms with Gasteiger partial charge in [-0.2, -0.15) is 0 Å². The van der Waals surface area contributed by atoms with Crippen LogP contribution in [0.25, 0.3) is 32.9 Å². The molecule has 0 spiro atoms. The van der Waals surface area contributed by atoms with Gasteiger partial charge >= 0.3 is 0 Å². The Balaban J connectivity index is 1.91.